The number of thiophene rings is 1. The molecule has 56 heavy (non-hydrogen) atoms. The van der Waals surface area contributed by atoms with Crippen LogP contribution in [0.25, 0.3) is 104 Å². The van der Waals surface area contributed by atoms with Gasteiger partial charge < -0.3 is 0 Å². The summed E-state index contributed by atoms with van der Waals surface area (Å²) in [4.78, 5) is 0. The lowest BCUT2D eigenvalue weighted by Crippen LogP contribution is -2.00. The average Bonchev–Trinajstić information content (AvgIpc) is 3.89. The Labute approximate surface area is 328 Å². The molecule has 262 valence electrons. The number of hydrogen-bond donors (Lipinski definition) is 0. The van der Waals surface area contributed by atoms with E-state index in [1.807, 2.05) is 35.6 Å². The predicted octanol–water partition coefficient (Wildman–Crippen LogP) is 14.3. The van der Waals surface area contributed by atoms with Crippen LogP contribution in [0.15, 0.2) is 200 Å². The first-order valence-corrected chi connectivity index (χ1v) is 19.7. The van der Waals surface area contributed by atoms with Crippen LogP contribution in [-0.2, 0) is 0 Å². The maximum atomic E-state index is 4.77. The Kier molecular flexibility index (Phi) is 7.68. The molecule has 0 N–H and O–H groups in total. The molecule has 0 spiro atoms. The summed E-state index contributed by atoms with van der Waals surface area (Å²) >= 11 is 1.87. The van der Waals surface area contributed by atoms with Crippen molar-refractivity contribution >= 4 is 53.1 Å². The fraction of sp³-hybridized carbons (Fsp3) is 0. The van der Waals surface area contributed by atoms with Crippen LogP contribution in [0.3, 0.4) is 0 Å². The molecule has 0 fully saturated rings. The Morgan fingerprint density at radius 1 is 0.339 bits per heavy atom. The second-order valence-corrected chi connectivity index (χ2v) is 15.3. The largest absolute Gasteiger partial charge is 0.275 e. The Morgan fingerprint density at radius 2 is 0.857 bits per heavy atom. The third-order valence-corrected chi connectivity index (χ3v) is 12.2. The van der Waals surface area contributed by atoms with E-state index < -0.39 is 0 Å². The monoisotopic (exact) mass is 731 g/mol. The molecule has 0 saturated heterocycles. The van der Waals surface area contributed by atoms with Crippen molar-refractivity contribution in [2.24, 2.45) is 0 Å². The van der Waals surface area contributed by atoms with Gasteiger partial charge in [0.15, 0.2) is 11.6 Å². The molecule has 2 aromatic heterocycles. The Balaban J connectivity index is 1.10. The van der Waals surface area contributed by atoms with Gasteiger partial charge in [0, 0.05) is 42.6 Å². The molecule has 0 radical (unpaired) electrons. The highest BCUT2D eigenvalue weighted by Gasteiger charge is 2.19. The highest BCUT2D eigenvalue weighted by atomic mass is 32.1. The zero-order chi connectivity index (χ0) is 37.0. The van der Waals surface area contributed by atoms with Crippen molar-refractivity contribution in [1.29, 1.82) is 0 Å². The van der Waals surface area contributed by atoms with Gasteiger partial charge in [-0.25, -0.2) is 0 Å². The van der Waals surface area contributed by atoms with Crippen LogP contribution < -0.4 is 0 Å². The number of para-hydroxylation sites is 1. The molecule has 9 aromatic carbocycles. The van der Waals surface area contributed by atoms with Crippen LogP contribution in [0.2, 0.25) is 0 Å². The molecule has 0 aliphatic carbocycles. The lowest BCUT2D eigenvalue weighted by Gasteiger charge is -2.13. The van der Waals surface area contributed by atoms with Crippen LogP contribution in [0.5, 0.6) is 0 Å². The van der Waals surface area contributed by atoms with Crippen LogP contribution in [0.4, 0.5) is 0 Å². The van der Waals surface area contributed by atoms with Crippen molar-refractivity contribution in [3.05, 3.63) is 200 Å². The molecule has 11 rings (SSSR count). The quantitative estimate of drug-likeness (QED) is 0.170. The summed E-state index contributed by atoms with van der Waals surface area (Å²) in [5.41, 5.74) is 10.4. The van der Waals surface area contributed by atoms with E-state index in [-0.39, 0.29) is 0 Å². The highest BCUT2D eigenvalue weighted by molar-refractivity contribution is 7.26. The summed E-state index contributed by atoms with van der Waals surface area (Å²) in [6.45, 7) is 0. The standard InChI is InChI=1S/C52H33N3S/c1-3-15-37(16-4-1)51-53-54-52(55(51)41-19-5-2-6-20-41)38-27-25-36(26-28-38)46-32-40(45-24-12-18-35-14-8-10-22-43(35)45)33-48-47-31-39(29-30-49(47)56-50(46)48)44-23-11-17-34-13-7-9-21-42(34)44/h1-33H. The van der Waals surface area contributed by atoms with Gasteiger partial charge >= 0.3 is 0 Å². The van der Waals surface area contributed by atoms with E-state index in [4.69, 9.17) is 10.2 Å². The minimum atomic E-state index is 0.805. The molecule has 0 bridgehead atoms. The second kappa shape index (κ2) is 13.3. The van der Waals surface area contributed by atoms with Crippen molar-refractivity contribution in [3.8, 4) is 61.8 Å². The van der Waals surface area contributed by atoms with Gasteiger partial charge in [0.25, 0.3) is 0 Å². The molecule has 2 heterocycles. The van der Waals surface area contributed by atoms with E-state index >= 15 is 0 Å². The highest BCUT2D eigenvalue weighted by Crippen LogP contribution is 2.45. The van der Waals surface area contributed by atoms with Crippen LogP contribution in [0.1, 0.15) is 0 Å². The summed E-state index contributed by atoms with van der Waals surface area (Å²) in [7, 11) is 0. The third kappa shape index (κ3) is 5.42. The van der Waals surface area contributed by atoms with Crippen molar-refractivity contribution < 1.29 is 0 Å². The van der Waals surface area contributed by atoms with E-state index in [1.54, 1.807) is 0 Å². The summed E-state index contributed by atoms with van der Waals surface area (Å²) < 4.78 is 4.72. The van der Waals surface area contributed by atoms with Gasteiger partial charge in [-0.1, -0.05) is 164 Å². The van der Waals surface area contributed by atoms with E-state index in [1.165, 1.54) is 69.5 Å². The molecule has 0 unspecified atom stereocenters. The number of hydrogen-bond acceptors (Lipinski definition) is 3. The summed E-state index contributed by atoms with van der Waals surface area (Å²) in [5.74, 6) is 1.62. The lowest BCUT2D eigenvalue weighted by molar-refractivity contribution is 1.07. The van der Waals surface area contributed by atoms with E-state index in [0.29, 0.717) is 0 Å². The molecule has 3 nitrogen and oxygen atoms in total. The van der Waals surface area contributed by atoms with Gasteiger partial charge in [0.2, 0.25) is 0 Å². The van der Waals surface area contributed by atoms with Crippen molar-refractivity contribution in [2.45, 2.75) is 0 Å². The molecule has 11 aromatic rings. The SMILES string of the molecule is c1ccc(-c2nnc(-c3ccc(-c4cc(-c5cccc6ccccc56)cc5c4sc4ccc(-c6cccc7ccccc67)cc45)cc3)n2-c2ccccc2)cc1. The number of fused-ring (bicyclic) bond motifs is 5. The van der Waals surface area contributed by atoms with E-state index in [0.717, 1.165) is 34.0 Å². The minimum Gasteiger partial charge on any atom is -0.275 e. The average molecular weight is 732 g/mol. The maximum Gasteiger partial charge on any atom is 0.168 e. The van der Waals surface area contributed by atoms with Gasteiger partial charge in [0.05, 0.1) is 0 Å². The molecule has 0 saturated carbocycles. The van der Waals surface area contributed by atoms with Crippen molar-refractivity contribution in [3.63, 3.8) is 0 Å². The zero-order valence-corrected chi connectivity index (χ0v) is 31.1. The molecular formula is C52H33N3S. The van der Waals surface area contributed by atoms with Gasteiger partial charge in [0.1, 0.15) is 0 Å². The second-order valence-electron chi connectivity index (χ2n) is 14.2. The fourth-order valence-electron chi connectivity index (χ4n) is 8.24. The minimum absolute atomic E-state index is 0.805. The smallest absolute Gasteiger partial charge is 0.168 e. The van der Waals surface area contributed by atoms with Gasteiger partial charge in [-0.2, -0.15) is 0 Å². The molecular weight excluding hydrogens is 699 g/mol. The number of benzene rings is 9. The van der Waals surface area contributed by atoms with Crippen LogP contribution in [-0.4, -0.2) is 14.8 Å². The Morgan fingerprint density at radius 3 is 1.54 bits per heavy atom. The molecule has 4 heteroatoms. The zero-order valence-electron chi connectivity index (χ0n) is 30.3. The van der Waals surface area contributed by atoms with E-state index in [9.17, 15) is 0 Å². The first kappa shape index (κ1) is 32.3. The number of rotatable bonds is 6. The molecule has 0 amide bonds. The van der Waals surface area contributed by atoms with E-state index in [2.05, 4.69) is 180 Å². The van der Waals surface area contributed by atoms with Crippen molar-refractivity contribution in [2.75, 3.05) is 0 Å². The first-order chi connectivity index (χ1) is 27.8. The van der Waals surface area contributed by atoms with Crippen LogP contribution >= 0.6 is 11.3 Å². The lowest BCUT2D eigenvalue weighted by atomic mass is 9.92. The number of nitrogens with zero attached hydrogens (tertiary/aromatic N) is 3. The summed E-state index contributed by atoms with van der Waals surface area (Å²) in [6.07, 6.45) is 0. The molecule has 0 atom stereocenters. The fourth-order valence-corrected chi connectivity index (χ4v) is 9.44. The van der Waals surface area contributed by atoms with Gasteiger partial charge in [-0.3, -0.25) is 4.57 Å². The third-order valence-electron chi connectivity index (χ3n) is 10.9. The van der Waals surface area contributed by atoms with Crippen molar-refractivity contribution in [1.82, 2.24) is 14.8 Å². The van der Waals surface area contributed by atoms with Crippen LogP contribution in [0, 0.1) is 0 Å². The maximum absolute atomic E-state index is 4.77. The van der Waals surface area contributed by atoms with Gasteiger partial charge in [-0.05, 0) is 85.8 Å². The molecule has 0 aliphatic rings. The first-order valence-electron chi connectivity index (χ1n) is 18.9. The Bertz CT molecular complexity index is 3220. The Hall–Kier alpha value is -7.14. The van der Waals surface area contributed by atoms with Gasteiger partial charge in [-0.15, -0.1) is 21.5 Å². The summed E-state index contributed by atoms with van der Waals surface area (Å²) in [5, 5.41) is 17.0. The number of aromatic nitrogens is 3. The molecule has 0 aliphatic heterocycles. The topological polar surface area (TPSA) is 30.7 Å². The summed E-state index contributed by atoms with van der Waals surface area (Å²) in [6, 6.07) is 71.9. The predicted molar refractivity (Wildman–Crippen MR) is 236 cm³/mol. The normalized spacial score (nSPS) is 11.6.